The minimum absolute atomic E-state index is 0.0590. The third-order valence-electron chi connectivity index (χ3n) is 5.27. The summed E-state index contributed by atoms with van der Waals surface area (Å²) in [6, 6.07) is 9.14. The van der Waals surface area contributed by atoms with Crippen molar-refractivity contribution in [2.45, 2.75) is 18.0 Å². The fourth-order valence-corrected chi connectivity index (χ4v) is 4.72. The topological polar surface area (TPSA) is 83.8 Å². The first kappa shape index (κ1) is 23.0. The van der Waals surface area contributed by atoms with Crippen molar-refractivity contribution in [3.8, 4) is 0 Å². The smallest absolute Gasteiger partial charge is 0.363 e. The summed E-state index contributed by atoms with van der Waals surface area (Å²) in [6.45, 7) is 3.76. The van der Waals surface area contributed by atoms with Crippen molar-refractivity contribution >= 4 is 21.2 Å². The van der Waals surface area contributed by atoms with Crippen LogP contribution in [-0.2, 0) is 16.0 Å². The predicted octanol–water partition coefficient (Wildman–Crippen LogP) is 3.52. The van der Waals surface area contributed by atoms with E-state index in [1.165, 1.54) is 0 Å². The monoisotopic (exact) mass is 457 g/mol. The average molecular weight is 457 g/mol. The molecule has 1 saturated heterocycles. The summed E-state index contributed by atoms with van der Waals surface area (Å²) in [7, 11) is -3.43. The second-order valence-electron chi connectivity index (χ2n) is 7.42. The molecule has 1 heterocycles. The molecule has 0 amide bonds. The summed E-state index contributed by atoms with van der Waals surface area (Å²) in [5, 5.41) is 11.3. The van der Waals surface area contributed by atoms with Gasteiger partial charge in [0.25, 0.3) is 5.69 Å². The zero-order valence-electron chi connectivity index (χ0n) is 16.8. The van der Waals surface area contributed by atoms with Crippen molar-refractivity contribution in [2.75, 3.05) is 43.4 Å². The number of piperazine rings is 1. The number of hydrogen-bond donors (Lipinski definition) is 0. The zero-order chi connectivity index (χ0) is 22.8. The molecular weight excluding hydrogens is 435 g/mol. The molecule has 0 bridgehead atoms. The van der Waals surface area contributed by atoms with Crippen LogP contribution in [0, 0.1) is 17.0 Å². The van der Waals surface area contributed by atoms with Gasteiger partial charge in [-0.05, 0) is 31.2 Å². The van der Waals surface area contributed by atoms with Crippen LogP contribution in [0.4, 0.5) is 24.5 Å². The molecule has 3 rings (SSSR count). The van der Waals surface area contributed by atoms with Gasteiger partial charge in [0.05, 0.1) is 21.1 Å². The van der Waals surface area contributed by atoms with Gasteiger partial charge < -0.3 is 4.90 Å². The quantitative estimate of drug-likeness (QED) is 0.488. The van der Waals surface area contributed by atoms with Crippen LogP contribution in [0.3, 0.4) is 0 Å². The lowest BCUT2D eigenvalue weighted by Gasteiger charge is -2.35. The van der Waals surface area contributed by atoms with Crippen molar-refractivity contribution < 1.29 is 26.5 Å². The van der Waals surface area contributed by atoms with Gasteiger partial charge in [0.1, 0.15) is 5.69 Å². The van der Waals surface area contributed by atoms with E-state index in [0.717, 1.165) is 17.7 Å². The number of nitro benzene ring substituents is 1. The lowest BCUT2D eigenvalue weighted by atomic mass is 10.1. The van der Waals surface area contributed by atoms with E-state index in [-0.39, 0.29) is 16.3 Å². The van der Waals surface area contributed by atoms with Gasteiger partial charge in [-0.25, -0.2) is 8.42 Å². The molecule has 0 unspecified atom stereocenters. The molecule has 1 aliphatic heterocycles. The Hall–Kier alpha value is -2.66. The number of aryl methyl sites for hydroxylation is 1. The third-order valence-corrected chi connectivity index (χ3v) is 6.98. The third kappa shape index (κ3) is 5.53. The van der Waals surface area contributed by atoms with Gasteiger partial charge in [0, 0.05) is 38.8 Å². The highest BCUT2D eigenvalue weighted by Gasteiger charge is 2.34. The van der Waals surface area contributed by atoms with E-state index in [9.17, 15) is 31.7 Å². The highest BCUT2D eigenvalue weighted by atomic mass is 32.2. The van der Waals surface area contributed by atoms with E-state index in [1.54, 1.807) is 29.2 Å². The van der Waals surface area contributed by atoms with Crippen molar-refractivity contribution in [1.29, 1.82) is 0 Å². The highest BCUT2D eigenvalue weighted by molar-refractivity contribution is 7.91. The summed E-state index contributed by atoms with van der Waals surface area (Å²) in [5.41, 5.74) is -0.564. The molecule has 0 atom stereocenters. The number of halogens is 3. The van der Waals surface area contributed by atoms with Gasteiger partial charge >= 0.3 is 6.18 Å². The van der Waals surface area contributed by atoms with Crippen LogP contribution in [-0.4, -0.2) is 56.7 Å². The summed E-state index contributed by atoms with van der Waals surface area (Å²) < 4.78 is 63.7. The molecule has 2 aromatic rings. The van der Waals surface area contributed by atoms with Crippen LogP contribution < -0.4 is 4.90 Å². The summed E-state index contributed by atoms with van der Waals surface area (Å²) >= 11 is 0. The number of nitro groups is 1. The Kier molecular flexibility index (Phi) is 6.56. The van der Waals surface area contributed by atoms with Gasteiger partial charge in [-0.3, -0.25) is 15.0 Å². The molecule has 1 aliphatic rings. The molecule has 1 fully saturated rings. The van der Waals surface area contributed by atoms with Gasteiger partial charge in [-0.15, -0.1) is 0 Å². The molecule has 0 aromatic heterocycles. The molecule has 11 heteroatoms. The van der Waals surface area contributed by atoms with E-state index in [4.69, 9.17) is 0 Å². The van der Waals surface area contributed by atoms with Gasteiger partial charge in [0.15, 0.2) is 9.84 Å². The zero-order valence-corrected chi connectivity index (χ0v) is 17.6. The number of anilines is 1. The summed E-state index contributed by atoms with van der Waals surface area (Å²) in [5.74, 6) is -0.0590. The van der Waals surface area contributed by atoms with Crippen LogP contribution >= 0.6 is 0 Å². The van der Waals surface area contributed by atoms with Crippen molar-refractivity contribution in [3.05, 3.63) is 63.7 Å². The number of alkyl halides is 3. The fourth-order valence-electron chi connectivity index (χ4n) is 3.44. The first-order valence-corrected chi connectivity index (χ1v) is 11.2. The Bertz CT molecular complexity index is 1050. The van der Waals surface area contributed by atoms with Crippen LogP contribution in [0.15, 0.2) is 47.4 Å². The molecule has 0 aliphatic carbocycles. The Labute approximate surface area is 178 Å². The lowest BCUT2D eigenvalue weighted by Crippen LogP contribution is -2.47. The minimum Gasteiger partial charge on any atom is -0.363 e. The van der Waals surface area contributed by atoms with E-state index in [1.807, 2.05) is 11.8 Å². The maximum atomic E-state index is 12.9. The molecule has 168 valence electrons. The summed E-state index contributed by atoms with van der Waals surface area (Å²) in [6.07, 6.45) is -4.66. The fraction of sp³-hybridized carbons (Fsp3) is 0.400. The van der Waals surface area contributed by atoms with E-state index < -0.39 is 32.2 Å². The van der Waals surface area contributed by atoms with E-state index in [2.05, 4.69) is 0 Å². The Morgan fingerprint density at radius 1 is 1.03 bits per heavy atom. The van der Waals surface area contributed by atoms with Crippen molar-refractivity contribution in [3.63, 3.8) is 0 Å². The van der Waals surface area contributed by atoms with Crippen LogP contribution in [0.1, 0.15) is 11.1 Å². The maximum absolute atomic E-state index is 12.9. The Morgan fingerprint density at radius 2 is 1.65 bits per heavy atom. The molecule has 0 saturated carbocycles. The average Bonchev–Trinajstić information content (AvgIpc) is 2.72. The number of benzene rings is 2. The van der Waals surface area contributed by atoms with E-state index >= 15 is 0 Å². The molecule has 2 aromatic carbocycles. The number of hydrogen-bond acceptors (Lipinski definition) is 6. The Morgan fingerprint density at radius 3 is 2.19 bits per heavy atom. The van der Waals surface area contributed by atoms with Gasteiger partial charge in [0.2, 0.25) is 0 Å². The summed E-state index contributed by atoms with van der Waals surface area (Å²) in [4.78, 5) is 14.3. The molecule has 0 spiro atoms. The molecule has 0 radical (unpaired) electrons. The highest BCUT2D eigenvalue weighted by Crippen LogP contribution is 2.36. The largest absolute Gasteiger partial charge is 0.416 e. The predicted molar refractivity (Wildman–Crippen MR) is 110 cm³/mol. The first-order valence-electron chi connectivity index (χ1n) is 9.60. The van der Waals surface area contributed by atoms with Gasteiger partial charge in [-0.1, -0.05) is 17.7 Å². The standard InChI is InChI=1S/C20H22F3N3O4S/c1-15-2-5-17(6-3-15)31(29,30)13-12-24-8-10-25(11-9-24)18-7-4-16(20(21,22)23)14-19(18)26(27)28/h2-7,14H,8-13H2,1H3. The maximum Gasteiger partial charge on any atom is 0.416 e. The number of nitrogens with zero attached hydrogens (tertiary/aromatic N) is 3. The molecular formula is C20H22F3N3O4S. The second kappa shape index (κ2) is 8.83. The van der Waals surface area contributed by atoms with Crippen LogP contribution in [0.25, 0.3) is 0 Å². The van der Waals surface area contributed by atoms with Crippen LogP contribution in [0.2, 0.25) is 0 Å². The van der Waals surface area contributed by atoms with Crippen molar-refractivity contribution in [2.24, 2.45) is 0 Å². The number of rotatable bonds is 6. The molecule has 7 nitrogen and oxygen atoms in total. The lowest BCUT2D eigenvalue weighted by molar-refractivity contribution is -0.384. The Balaban J connectivity index is 1.63. The number of sulfone groups is 1. The normalized spacial score (nSPS) is 15.8. The van der Waals surface area contributed by atoms with Crippen molar-refractivity contribution in [1.82, 2.24) is 4.90 Å². The molecule has 0 N–H and O–H groups in total. The van der Waals surface area contributed by atoms with E-state index in [0.29, 0.717) is 38.8 Å². The first-order chi connectivity index (χ1) is 14.5. The minimum atomic E-state index is -4.66. The van der Waals surface area contributed by atoms with Crippen LogP contribution in [0.5, 0.6) is 0 Å². The second-order valence-corrected chi connectivity index (χ2v) is 9.53. The van der Waals surface area contributed by atoms with Gasteiger partial charge in [-0.2, -0.15) is 13.2 Å². The SMILES string of the molecule is Cc1ccc(S(=O)(=O)CCN2CCN(c3ccc(C(F)(F)F)cc3[N+](=O)[O-])CC2)cc1. The molecule has 31 heavy (non-hydrogen) atoms.